The Kier molecular flexibility index (Phi) is 3.97. The van der Waals surface area contributed by atoms with Crippen LogP contribution < -0.4 is 5.32 Å². The number of hydrogen-bond acceptors (Lipinski definition) is 3. The van der Waals surface area contributed by atoms with Crippen LogP contribution in [0.4, 0.5) is 5.69 Å². The molecule has 1 aromatic heterocycles. The van der Waals surface area contributed by atoms with Crippen molar-refractivity contribution in [3.05, 3.63) is 42.0 Å². The standard InChI is InChI=1S/C14H20N4/c1-11(2)18-10-16-17-14(18)8-9-15-13-6-4-12(3)5-7-13/h4-7,10-11,15H,8-9H2,1-3H3. The van der Waals surface area contributed by atoms with Crippen molar-refractivity contribution in [1.82, 2.24) is 14.8 Å². The van der Waals surface area contributed by atoms with Crippen molar-refractivity contribution in [2.45, 2.75) is 33.2 Å². The van der Waals surface area contributed by atoms with Gasteiger partial charge in [-0.15, -0.1) is 10.2 Å². The van der Waals surface area contributed by atoms with E-state index in [0.717, 1.165) is 24.5 Å². The van der Waals surface area contributed by atoms with Gasteiger partial charge in [0.15, 0.2) is 0 Å². The molecule has 1 aromatic carbocycles. The van der Waals surface area contributed by atoms with E-state index < -0.39 is 0 Å². The summed E-state index contributed by atoms with van der Waals surface area (Å²) in [6.07, 6.45) is 2.68. The molecule has 4 nitrogen and oxygen atoms in total. The molecule has 4 heteroatoms. The topological polar surface area (TPSA) is 42.7 Å². The zero-order valence-corrected chi connectivity index (χ0v) is 11.2. The van der Waals surface area contributed by atoms with Crippen LogP contribution in [-0.2, 0) is 6.42 Å². The summed E-state index contributed by atoms with van der Waals surface area (Å²) in [5, 5.41) is 11.5. The van der Waals surface area contributed by atoms with E-state index >= 15 is 0 Å². The quantitative estimate of drug-likeness (QED) is 0.879. The van der Waals surface area contributed by atoms with Gasteiger partial charge in [-0.25, -0.2) is 0 Å². The van der Waals surface area contributed by atoms with Crippen LogP contribution in [0.3, 0.4) is 0 Å². The van der Waals surface area contributed by atoms with Crippen LogP contribution in [0.25, 0.3) is 0 Å². The van der Waals surface area contributed by atoms with Gasteiger partial charge in [0.25, 0.3) is 0 Å². The van der Waals surface area contributed by atoms with Gasteiger partial charge in [0.2, 0.25) is 0 Å². The third-order valence-corrected chi connectivity index (χ3v) is 2.93. The fraction of sp³-hybridized carbons (Fsp3) is 0.429. The average molecular weight is 244 g/mol. The number of aryl methyl sites for hydroxylation is 1. The van der Waals surface area contributed by atoms with Crippen LogP contribution in [-0.4, -0.2) is 21.3 Å². The van der Waals surface area contributed by atoms with E-state index in [-0.39, 0.29) is 0 Å². The number of nitrogens with one attached hydrogen (secondary N) is 1. The van der Waals surface area contributed by atoms with E-state index in [9.17, 15) is 0 Å². The summed E-state index contributed by atoms with van der Waals surface area (Å²) in [4.78, 5) is 0. The first-order chi connectivity index (χ1) is 8.66. The maximum atomic E-state index is 4.16. The normalized spacial score (nSPS) is 10.9. The van der Waals surface area contributed by atoms with Crippen LogP contribution >= 0.6 is 0 Å². The molecule has 0 spiro atoms. The lowest BCUT2D eigenvalue weighted by molar-refractivity contribution is 0.568. The molecule has 0 aliphatic carbocycles. The van der Waals surface area contributed by atoms with Crippen molar-refractivity contribution < 1.29 is 0 Å². The molecule has 0 bridgehead atoms. The molecule has 0 saturated heterocycles. The van der Waals surface area contributed by atoms with Gasteiger partial charge in [0, 0.05) is 24.7 Å². The van der Waals surface area contributed by atoms with Gasteiger partial charge in [-0.3, -0.25) is 0 Å². The third kappa shape index (κ3) is 3.09. The molecule has 0 fully saturated rings. The number of rotatable bonds is 5. The van der Waals surface area contributed by atoms with Gasteiger partial charge in [-0.05, 0) is 32.9 Å². The molecule has 0 aliphatic rings. The maximum absolute atomic E-state index is 4.16. The smallest absolute Gasteiger partial charge is 0.134 e. The number of nitrogens with zero attached hydrogens (tertiary/aromatic N) is 3. The minimum Gasteiger partial charge on any atom is -0.385 e. The molecule has 1 N–H and O–H groups in total. The summed E-state index contributed by atoms with van der Waals surface area (Å²) in [5.41, 5.74) is 2.43. The summed E-state index contributed by atoms with van der Waals surface area (Å²) in [6.45, 7) is 7.24. The molecule has 0 amide bonds. The highest BCUT2D eigenvalue weighted by molar-refractivity contribution is 5.44. The first-order valence-electron chi connectivity index (χ1n) is 6.35. The van der Waals surface area contributed by atoms with Crippen molar-refractivity contribution in [2.75, 3.05) is 11.9 Å². The van der Waals surface area contributed by atoms with E-state index in [4.69, 9.17) is 0 Å². The van der Waals surface area contributed by atoms with Crippen molar-refractivity contribution >= 4 is 5.69 Å². The minimum atomic E-state index is 0.411. The highest BCUT2D eigenvalue weighted by Gasteiger charge is 2.06. The zero-order valence-electron chi connectivity index (χ0n) is 11.2. The number of benzene rings is 1. The van der Waals surface area contributed by atoms with Crippen LogP contribution in [0.15, 0.2) is 30.6 Å². The largest absolute Gasteiger partial charge is 0.385 e. The Hall–Kier alpha value is -1.84. The second-order valence-electron chi connectivity index (χ2n) is 4.79. The Bertz CT molecular complexity index is 485. The van der Waals surface area contributed by atoms with Crippen molar-refractivity contribution in [1.29, 1.82) is 0 Å². The first-order valence-corrected chi connectivity index (χ1v) is 6.35. The Balaban J connectivity index is 1.88. The second kappa shape index (κ2) is 5.67. The van der Waals surface area contributed by atoms with Crippen molar-refractivity contribution in [3.63, 3.8) is 0 Å². The predicted molar refractivity (Wildman–Crippen MR) is 73.8 cm³/mol. The molecule has 0 aliphatic heterocycles. The first kappa shape index (κ1) is 12.6. The van der Waals surface area contributed by atoms with E-state index in [2.05, 4.69) is 65.1 Å². The molecule has 0 radical (unpaired) electrons. The summed E-state index contributed by atoms with van der Waals surface area (Å²) < 4.78 is 2.11. The highest BCUT2D eigenvalue weighted by Crippen LogP contribution is 2.10. The third-order valence-electron chi connectivity index (χ3n) is 2.93. The lowest BCUT2D eigenvalue weighted by atomic mass is 10.2. The lowest BCUT2D eigenvalue weighted by Crippen LogP contribution is -2.11. The highest BCUT2D eigenvalue weighted by atomic mass is 15.3. The zero-order chi connectivity index (χ0) is 13.0. The molecule has 0 saturated carbocycles. The molecule has 18 heavy (non-hydrogen) atoms. The van der Waals surface area contributed by atoms with Crippen molar-refractivity contribution in [3.8, 4) is 0 Å². The molecule has 0 unspecified atom stereocenters. The Morgan fingerprint density at radius 3 is 2.61 bits per heavy atom. The van der Waals surface area contributed by atoms with Crippen LogP contribution in [0.5, 0.6) is 0 Å². The van der Waals surface area contributed by atoms with Gasteiger partial charge in [0.05, 0.1) is 0 Å². The van der Waals surface area contributed by atoms with E-state index in [0.29, 0.717) is 6.04 Å². The molecular formula is C14H20N4. The van der Waals surface area contributed by atoms with Gasteiger partial charge in [-0.1, -0.05) is 17.7 Å². The maximum Gasteiger partial charge on any atom is 0.134 e. The van der Waals surface area contributed by atoms with E-state index in [1.165, 1.54) is 5.56 Å². The summed E-state index contributed by atoms with van der Waals surface area (Å²) in [7, 11) is 0. The van der Waals surface area contributed by atoms with Crippen LogP contribution in [0.2, 0.25) is 0 Å². The molecular weight excluding hydrogens is 224 g/mol. The van der Waals surface area contributed by atoms with E-state index in [1.54, 1.807) is 6.33 Å². The number of anilines is 1. The molecule has 2 rings (SSSR count). The molecule has 1 heterocycles. The predicted octanol–water partition coefficient (Wildman–Crippen LogP) is 2.82. The summed E-state index contributed by atoms with van der Waals surface area (Å²) in [5.74, 6) is 1.03. The molecule has 2 aromatic rings. The average Bonchev–Trinajstić information content (AvgIpc) is 2.80. The molecule has 96 valence electrons. The Morgan fingerprint density at radius 2 is 1.94 bits per heavy atom. The minimum absolute atomic E-state index is 0.411. The number of hydrogen-bond donors (Lipinski definition) is 1. The van der Waals surface area contributed by atoms with Crippen molar-refractivity contribution in [2.24, 2.45) is 0 Å². The van der Waals surface area contributed by atoms with Gasteiger partial charge < -0.3 is 9.88 Å². The van der Waals surface area contributed by atoms with Gasteiger partial charge >= 0.3 is 0 Å². The van der Waals surface area contributed by atoms with Gasteiger partial charge in [-0.2, -0.15) is 0 Å². The lowest BCUT2D eigenvalue weighted by Gasteiger charge is -2.10. The molecule has 0 atom stereocenters. The second-order valence-corrected chi connectivity index (χ2v) is 4.79. The van der Waals surface area contributed by atoms with E-state index in [1.807, 2.05) is 0 Å². The SMILES string of the molecule is Cc1ccc(NCCc2nncn2C(C)C)cc1. The Labute approximate surface area is 108 Å². The van der Waals surface area contributed by atoms with Crippen LogP contribution in [0, 0.1) is 6.92 Å². The van der Waals surface area contributed by atoms with Gasteiger partial charge in [0.1, 0.15) is 12.2 Å². The summed E-state index contributed by atoms with van der Waals surface area (Å²) >= 11 is 0. The monoisotopic (exact) mass is 244 g/mol. The fourth-order valence-corrected chi connectivity index (χ4v) is 1.87. The Morgan fingerprint density at radius 1 is 1.22 bits per heavy atom. The fourth-order valence-electron chi connectivity index (χ4n) is 1.87. The number of aromatic nitrogens is 3. The summed E-state index contributed by atoms with van der Waals surface area (Å²) in [6, 6.07) is 8.83. The van der Waals surface area contributed by atoms with Crippen LogP contribution in [0.1, 0.15) is 31.3 Å².